The summed E-state index contributed by atoms with van der Waals surface area (Å²) in [4.78, 5) is 22.2. The van der Waals surface area contributed by atoms with Crippen LogP contribution in [0.1, 0.15) is 35.3 Å². The van der Waals surface area contributed by atoms with Crippen molar-refractivity contribution in [3.05, 3.63) is 59.9 Å². The monoisotopic (exact) mass is 471 g/mol. The molecular weight excluding hydrogens is 442 g/mol. The summed E-state index contributed by atoms with van der Waals surface area (Å²) in [7, 11) is 0. The number of carbonyl (C=O) groups excluding carboxylic acids is 1. The molecule has 1 amide bonds. The lowest BCUT2D eigenvalue weighted by Crippen LogP contribution is -2.37. The Morgan fingerprint density at radius 3 is 2.57 bits per heavy atom. The third kappa shape index (κ3) is 4.27. The maximum atomic E-state index is 13.2. The van der Waals surface area contributed by atoms with E-state index >= 15 is 0 Å². The number of piperidine rings is 1. The van der Waals surface area contributed by atoms with Crippen LogP contribution in [0.2, 0.25) is 0 Å². The number of aromatic nitrogens is 5. The van der Waals surface area contributed by atoms with Crippen LogP contribution in [0.4, 0.5) is 5.82 Å². The number of rotatable bonds is 4. The number of carbonyl (C=O) groups is 1. The molecule has 35 heavy (non-hydrogen) atoms. The average Bonchev–Trinajstić information content (AvgIpc) is 3.57. The molecule has 180 valence electrons. The molecule has 5 heterocycles. The van der Waals surface area contributed by atoms with Crippen molar-refractivity contribution in [3.63, 3.8) is 0 Å². The van der Waals surface area contributed by atoms with Crippen molar-refractivity contribution in [1.82, 2.24) is 29.3 Å². The Balaban J connectivity index is 1.41. The number of nitrogens with zero attached hydrogens (tertiary/aromatic N) is 7. The number of aryl methyl sites for hydroxylation is 1. The lowest BCUT2D eigenvalue weighted by atomic mass is 10.1. The number of fused-ring (bicyclic) bond motifs is 1. The van der Waals surface area contributed by atoms with Gasteiger partial charge < -0.3 is 14.5 Å². The molecule has 2 saturated heterocycles. The van der Waals surface area contributed by atoms with Crippen LogP contribution in [0.3, 0.4) is 0 Å². The standard InChI is InChI=1S/C26H29N7O2/c1-19-6-5-7-20(16-19)21-8-11-32(28-21)23-18-25(30-12-14-35-15-13-30)33-24(27-23)17-22(29-33)26(34)31-9-3-2-4-10-31/h5-8,11,16-18H,2-4,9-10,12-15H2,1H3. The van der Waals surface area contributed by atoms with Crippen molar-refractivity contribution in [2.24, 2.45) is 0 Å². The van der Waals surface area contributed by atoms with Gasteiger partial charge in [-0.05, 0) is 38.3 Å². The number of likely N-dealkylation sites (tertiary alicyclic amines) is 1. The molecule has 0 aliphatic carbocycles. The Labute approximate surface area is 203 Å². The third-order valence-electron chi connectivity index (χ3n) is 6.73. The van der Waals surface area contributed by atoms with E-state index in [9.17, 15) is 4.79 Å². The molecule has 0 radical (unpaired) electrons. The first-order chi connectivity index (χ1) is 17.2. The zero-order valence-corrected chi connectivity index (χ0v) is 19.9. The highest BCUT2D eigenvalue weighted by atomic mass is 16.5. The predicted molar refractivity (Wildman–Crippen MR) is 133 cm³/mol. The third-order valence-corrected chi connectivity index (χ3v) is 6.73. The van der Waals surface area contributed by atoms with Gasteiger partial charge in [-0.3, -0.25) is 4.79 Å². The van der Waals surface area contributed by atoms with Gasteiger partial charge in [-0.25, -0.2) is 9.67 Å². The Morgan fingerprint density at radius 1 is 0.943 bits per heavy atom. The summed E-state index contributed by atoms with van der Waals surface area (Å²) in [5.74, 6) is 1.55. The van der Waals surface area contributed by atoms with Crippen molar-refractivity contribution in [2.45, 2.75) is 26.2 Å². The summed E-state index contributed by atoms with van der Waals surface area (Å²) in [6.45, 7) is 6.46. The number of benzene rings is 1. The fourth-order valence-corrected chi connectivity index (χ4v) is 4.85. The van der Waals surface area contributed by atoms with Gasteiger partial charge in [-0.1, -0.05) is 23.8 Å². The maximum Gasteiger partial charge on any atom is 0.274 e. The number of amides is 1. The molecule has 0 saturated carbocycles. The number of hydrogen-bond donors (Lipinski definition) is 0. The van der Waals surface area contributed by atoms with E-state index in [0.717, 1.165) is 56.1 Å². The van der Waals surface area contributed by atoms with E-state index in [0.29, 0.717) is 30.4 Å². The van der Waals surface area contributed by atoms with Crippen LogP contribution in [0.25, 0.3) is 22.7 Å². The molecule has 2 aliphatic heterocycles. The van der Waals surface area contributed by atoms with Crippen LogP contribution in [-0.2, 0) is 4.74 Å². The molecule has 2 fully saturated rings. The second-order valence-electron chi connectivity index (χ2n) is 9.24. The highest BCUT2D eigenvalue weighted by Gasteiger charge is 2.24. The summed E-state index contributed by atoms with van der Waals surface area (Å²) < 4.78 is 9.15. The molecule has 0 unspecified atom stereocenters. The van der Waals surface area contributed by atoms with Gasteiger partial charge in [0.25, 0.3) is 5.91 Å². The van der Waals surface area contributed by atoms with E-state index in [-0.39, 0.29) is 5.91 Å². The van der Waals surface area contributed by atoms with Crippen molar-refractivity contribution in [3.8, 4) is 17.1 Å². The molecule has 3 aromatic heterocycles. The number of ether oxygens (including phenoxy) is 1. The Hall–Kier alpha value is -3.72. The van der Waals surface area contributed by atoms with E-state index in [1.165, 1.54) is 12.0 Å². The minimum atomic E-state index is -0.0227. The fraction of sp³-hybridized carbons (Fsp3) is 0.385. The first-order valence-electron chi connectivity index (χ1n) is 12.3. The average molecular weight is 472 g/mol. The van der Waals surface area contributed by atoms with Gasteiger partial charge in [0.2, 0.25) is 0 Å². The molecule has 0 bridgehead atoms. The van der Waals surface area contributed by atoms with Crippen molar-refractivity contribution in [1.29, 1.82) is 0 Å². The second-order valence-corrected chi connectivity index (χ2v) is 9.24. The van der Waals surface area contributed by atoms with Gasteiger partial charge in [0, 0.05) is 50.1 Å². The number of morpholine rings is 1. The summed E-state index contributed by atoms with van der Waals surface area (Å²) in [6, 6.07) is 14.1. The molecule has 9 nitrogen and oxygen atoms in total. The largest absolute Gasteiger partial charge is 0.378 e. The second kappa shape index (κ2) is 9.14. The zero-order chi connectivity index (χ0) is 23.8. The SMILES string of the molecule is Cc1cccc(-c2ccn(-c3cc(N4CCOCC4)n4nc(C(=O)N5CCCCC5)cc4n3)n2)c1. The van der Waals surface area contributed by atoms with Crippen molar-refractivity contribution >= 4 is 17.4 Å². The van der Waals surface area contributed by atoms with Crippen LogP contribution < -0.4 is 4.90 Å². The molecule has 6 rings (SSSR count). The van der Waals surface area contributed by atoms with E-state index in [2.05, 4.69) is 30.0 Å². The van der Waals surface area contributed by atoms with Gasteiger partial charge in [-0.2, -0.15) is 14.7 Å². The Bertz CT molecular complexity index is 1360. The van der Waals surface area contributed by atoms with Crippen LogP contribution in [0.15, 0.2) is 48.7 Å². The predicted octanol–water partition coefficient (Wildman–Crippen LogP) is 3.35. The maximum absolute atomic E-state index is 13.2. The number of hydrogen-bond acceptors (Lipinski definition) is 6. The minimum absolute atomic E-state index is 0.0227. The zero-order valence-electron chi connectivity index (χ0n) is 19.9. The first kappa shape index (κ1) is 21.8. The molecule has 2 aliphatic rings. The highest BCUT2D eigenvalue weighted by molar-refractivity contribution is 5.93. The van der Waals surface area contributed by atoms with E-state index in [1.54, 1.807) is 15.3 Å². The molecule has 0 spiro atoms. The summed E-state index contributed by atoms with van der Waals surface area (Å²) in [5, 5.41) is 9.52. The highest BCUT2D eigenvalue weighted by Crippen LogP contribution is 2.24. The van der Waals surface area contributed by atoms with Crippen molar-refractivity contribution in [2.75, 3.05) is 44.3 Å². The van der Waals surface area contributed by atoms with Gasteiger partial charge in [0.1, 0.15) is 5.82 Å². The van der Waals surface area contributed by atoms with Crippen LogP contribution in [0.5, 0.6) is 0 Å². The van der Waals surface area contributed by atoms with Gasteiger partial charge in [0.15, 0.2) is 17.2 Å². The normalized spacial score (nSPS) is 16.7. The molecule has 9 heteroatoms. The van der Waals surface area contributed by atoms with Crippen LogP contribution >= 0.6 is 0 Å². The molecular formula is C26H29N7O2. The lowest BCUT2D eigenvalue weighted by molar-refractivity contribution is 0.0718. The summed E-state index contributed by atoms with van der Waals surface area (Å²) in [5.41, 5.74) is 4.22. The quantitative estimate of drug-likeness (QED) is 0.454. The van der Waals surface area contributed by atoms with E-state index in [1.807, 2.05) is 29.3 Å². The molecule has 1 aromatic carbocycles. The van der Waals surface area contributed by atoms with Crippen LogP contribution in [-0.4, -0.2) is 74.6 Å². The van der Waals surface area contributed by atoms with Gasteiger partial charge in [0.05, 0.1) is 18.9 Å². The smallest absolute Gasteiger partial charge is 0.274 e. The summed E-state index contributed by atoms with van der Waals surface area (Å²) in [6.07, 6.45) is 5.19. The van der Waals surface area contributed by atoms with Gasteiger partial charge >= 0.3 is 0 Å². The van der Waals surface area contributed by atoms with Crippen LogP contribution in [0, 0.1) is 6.92 Å². The Kier molecular flexibility index (Phi) is 5.69. The van der Waals surface area contributed by atoms with Crippen molar-refractivity contribution < 1.29 is 9.53 Å². The first-order valence-corrected chi connectivity index (χ1v) is 12.3. The molecule has 4 aromatic rings. The van der Waals surface area contributed by atoms with E-state index in [4.69, 9.17) is 19.9 Å². The molecule has 0 N–H and O–H groups in total. The topological polar surface area (TPSA) is 80.8 Å². The molecule has 0 atom stereocenters. The van der Waals surface area contributed by atoms with Gasteiger partial charge in [-0.15, -0.1) is 0 Å². The fourth-order valence-electron chi connectivity index (χ4n) is 4.85. The lowest BCUT2D eigenvalue weighted by Gasteiger charge is -2.29. The van der Waals surface area contributed by atoms with E-state index < -0.39 is 0 Å². The summed E-state index contributed by atoms with van der Waals surface area (Å²) >= 11 is 0. The Morgan fingerprint density at radius 2 is 1.77 bits per heavy atom. The number of anilines is 1. The minimum Gasteiger partial charge on any atom is -0.378 e.